The number of aromatic nitrogens is 4. The zero-order chi connectivity index (χ0) is 15.1. The van der Waals surface area contributed by atoms with Crippen LogP contribution in [0.4, 0.5) is 0 Å². The second kappa shape index (κ2) is 5.40. The van der Waals surface area contributed by atoms with Gasteiger partial charge in [-0.1, -0.05) is 32.5 Å². The standard InChI is InChI=1S/C15H22N4OS/c1-4-9(3)8-19-13-11(14(21)18(5-2)15(19)20)16-12(17-13)10-6-7-10/h9-10H,4-8H2,1-3H3,(H,16,17). The van der Waals surface area contributed by atoms with Gasteiger partial charge < -0.3 is 4.98 Å². The molecule has 1 unspecified atom stereocenters. The van der Waals surface area contributed by atoms with Gasteiger partial charge in [-0.2, -0.15) is 0 Å². The van der Waals surface area contributed by atoms with Gasteiger partial charge in [0.25, 0.3) is 0 Å². The van der Waals surface area contributed by atoms with Crippen LogP contribution < -0.4 is 5.69 Å². The molecule has 0 amide bonds. The Labute approximate surface area is 129 Å². The fourth-order valence-corrected chi connectivity index (χ4v) is 2.97. The molecule has 2 aromatic rings. The van der Waals surface area contributed by atoms with Crippen LogP contribution in [0, 0.1) is 10.6 Å². The molecule has 0 aromatic carbocycles. The number of rotatable bonds is 5. The average Bonchev–Trinajstić information content (AvgIpc) is 3.23. The van der Waals surface area contributed by atoms with Crippen molar-refractivity contribution in [2.24, 2.45) is 5.92 Å². The molecule has 0 aliphatic heterocycles. The lowest BCUT2D eigenvalue weighted by Gasteiger charge is -2.14. The highest BCUT2D eigenvalue weighted by molar-refractivity contribution is 7.71. The summed E-state index contributed by atoms with van der Waals surface area (Å²) in [5, 5.41) is 0. The van der Waals surface area contributed by atoms with E-state index in [4.69, 9.17) is 12.2 Å². The highest BCUT2D eigenvalue weighted by atomic mass is 32.1. The Hall–Kier alpha value is -1.43. The van der Waals surface area contributed by atoms with Gasteiger partial charge in [0, 0.05) is 19.0 Å². The molecule has 114 valence electrons. The van der Waals surface area contributed by atoms with Crippen molar-refractivity contribution in [1.82, 2.24) is 19.1 Å². The van der Waals surface area contributed by atoms with Crippen molar-refractivity contribution in [3.63, 3.8) is 0 Å². The van der Waals surface area contributed by atoms with E-state index in [0.29, 0.717) is 29.6 Å². The number of nitrogens with one attached hydrogen (secondary N) is 1. The van der Waals surface area contributed by atoms with Crippen molar-refractivity contribution >= 4 is 23.4 Å². The summed E-state index contributed by atoms with van der Waals surface area (Å²) >= 11 is 5.48. The molecule has 2 aromatic heterocycles. The van der Waals surface area contributed by atoms with Crippen LogP contribution in [-0.4, -0.2) is 19.1 Å². The quantitative estimate of drug-likeness (QED) is 0.863. The summed E-state index contributed by atoms with van der Waals surface area (Å²) in [6.45, 7) is 7.53. The first-order valence-electron chi connectivity index (χ1n) is 7.80. The maximum Gasteiger partial charge on any atom is 0.330 e. The van der Waals surface area contributed by atoms with E-state index in [-0.39, 0.29) is 5.69 Å². The van der Waals surface area contributed by atoms with Crippen molar-refractivity contribution in [1.29, 1.82) is 0 Å². The van der Waals surface area contributed by atoms with Crippen LogP contribution in [-0.2, 0) is 13.1 Å². The first-order chi connectivity index (χ1) is 10.1. The summed E-state index contributed by atoms with van der Waals surface area (Å²) in [4.78, 5) is 20.7. The summed E-state index contributed by atoms with van der Waals surface area (Å²) < 4.78 is 4.04. The first-order valence-corrected chi connectivity index (χ1v) is 8.20. The maximum absolute atomic E-state index is 12.7. The zero-order valence-electron chi connectivity index (χ0n) is 12.8. The van der Waals surface area contributed by atoms with Crippen LogP contribution in [0.15, 0.2) is 4.79 Å². The third-order valence-corrected chi connectivity index (χ3v) is 4.78. The van der Waals surface area contributed by atoms with Gasteiger partial charge in [-0.3, -0.25) is 9.13 Å². The average molecular weight is 306 g/mol. The van der Waals surface area contributed by atoms with Gasteiger partial charge in [-0.05, 0) is 25.7 Å². The number of H-pyrrole nitrogens is 1. The lowest BCUT2D eigenvalue weighted by molar-refractivity contribution is 0.451. The zero-order valence-corrected chi connectivity index (χ0v) is 13.7. The van der Waals surface area contributed by atoms with Gasteiger partial charge in [0.05, 0.1) is 0 Å². The van der Waals surface area contributed by atoms with Crippen LogP contribution in [0.3, 0.4) is 0 Å². The Balaban J connectivity index is 2.26. The molecule has 1 fully saturated rings. The van der Waals surface area contributed by atoms with E-state index >= 15 is 0 Å². The molecule has 0 bridgehead atoms. The molecule has 6 heteroatoms. The first kappa shape index (κ1) is 14.5. The van der Waals surface area contributed by atoms with Gasteiger partial charge in [0.1, 0.15) is 16.0 Å². The van der Waals surface area contributed by atoms with Crippen LogP contribution in [0.25, 0.3) is 11.2 Å². The van der Waals surface area contributed by atoms with Gasteiger partial charge >= 0.3 is 5.69 Å². The van der Waals surface area contributed by atoms with Gasteiger partial charge in [0.15, 0.2) is 5.65 Å². The van der Waals surface area contributed by atoms with E-state index in [1.54, 1.807) is 9.13 Å². The third kappa shape index (κ3) is 2.46. The van der Waals surface area contributed by atoms with E-state index < -0.39 is 0 Å². The molecule has 1 aliphatic rings. The summed E-state index contributed by atoms with van der Waals surface area (Å²) in [6, 6.07) is 0. The number of hydrogen-bond acceptors (Lipinski definition) is 3. The predicted molar refractivity (Wildman–Crippen MR) is 86.3 cm³/mol. The van der Waals surface area contributed by atoms with Gasteiger partial charge in [-0.15, -0.1) is 0 Å². The monoisotopic (exact) mass is 306 g/mol. The normalized spacial score (nSPS) is 16.5. The largest absolute Gasteiger partial charge is 0.338 e. The number of imidazole rings is 1. The topological polar surface area (TPSA) is 55.6 Å². The van der Waals surface area contributed by atoms with E-state index in [1.807, 2.05) is 6.92 Å². The highest BCUT2D eigenvalue weighted by Crippen LogP contribution is 2.39. The molecule has 1 atom stereocenters. The van der Waals surface area contributed by atoms with Crippen LogP contribution in [0.2, 0.25) is 0 Å². The molecule has 0 spiro atoms. The van der Waals surface area contributed by atoms with Gasteiger partial charge in [0.2, 0.25) is 0 Å². The lowest BCUT2D eigenvalue weighted by atomic mass is 10.1. The Morgan fingerprint density at radius 1 is 1.38 bits per heavy atom. The Morgan fingerprint density at radius 3 is 2.67 bits per heavy atom. The molecule has 2 heterocycles. The fraction of sp³-hybridized carbons (Fsp3) is 0.667. The summed E-state index contributed by atoms with van der Waals surface area (Å²) in [7, 11) is 0. The minimum Gasteiger partial charge on any atom is -0.338 e. The third-order valence-electron chi connectivity index (χ3n) is 4.35. The number of fused-ring (bicyclic) bond motifs is 1. The second-order valence-corrected chi connectivity index (χ2v) is 6.44. The molecule has 0 saturated heterocycles. The summed E-state index contributed by atoms with van der Waals surface area (Å²) in [6.07, 6.45) is 3.39. The predicted octanol–water partition coefficient (Wildman–Crippen LogP) is 3.20. The molecule has 1 N–H and O–H groups in total. The molecule has 0 radical (unpaired) electrons. The molecule has 21 heavy (non-hydrogen) atoms. The van der Waals surface area contributed by atoms with Crippen molar-refractivity contribution in [3.05, 3.63) is 20.9 Å². The molecule has 3 rings (SSSR count). The van der Waals surface area contributed by atoms with E-state index in [2.05, 4.69) is 23.8 Å². The fourth-order valence-electron chi connectivity index (χ4n) is 2.62. The Morgan fingerprint density at radius 2 is 2.10 bits per heavy atom. The second-order valence-electron chi connectivity index (χ2n) is 6.05. The molecular weight excluding hydrogens is 284 g/mol. The number of aromatic amines is 1. The van der Waals surface area contributed by atoms with E-state index in [9.17, 15) is 4.79 Å². The minimum absolute atomic E-state index is 0.0378. The summed E-state index contributed by atoms with van der Waals surface area (Å²) in [5.41, 5.74) is 1.54. The Bertz CT molecular complexity index is 781. The number of hydrogen-bond donors (Lipinski definition) is 1. The summed E-state index contributed by atoms with van der Waals surface area (Å²) in [5.74, 6) is 1.95. The van der Waals surface area contributed by atoms with Crippen LogP contribution >= 0.6 is 12.2 Å². The van der Waals surface area contributed by atoms with Crippen LogP contribution in [0.5, 0.6) is 0 Å². The van der Waals surface area contributed by atoms with Crippen molar-refractivity contribution in [3.8, 4) is 0 Å². The maximum atomic E-state index is 12.7. The smallest absolute Gasteiger partial charge is 0.330 e. The molecular formula is C15H22N4OS. The van der Waals surface area contributed by atoms with Crippen LogP contribution in [0.1, 0.15) is 51.8 Å². The Kier molecular flexibility index (Phi) is 3.73. The molecule has 1 saturated carbocycles. The number of nitrogens with zero attached hydrogens (tertiary/aromatic N) is 3. The van der Waals surface area contributed by atoms with Gasteiger partial charge in [-0.25, -0.2) is 9.78 Å². The van der Waals surface area contributed by atoms with E-state index in [1.165, 1.54) is 12.8 Å². The van der Waals surface area contributed by atoms with Crippen molar-refractivity contribution in [2.45, 2.75) is 59.0 Å². The highest BCUT2D eigenvalue weighted by Gasteiger charge is 2.28. The SMILES string of the molecule is CCC(C)Cn1c(=O)n(CC)c(=S)c2[nH]c(C3CC3)nc21. The molecule has 5 nitrogen and oxygen atoms in total. The van der Waals surface area contributed by atoms with Crippen molar-refractivity contribution in [2.75, 3.05) is 0 Å². The van der Waals surface area contributed by atoms with Crippen molar-refractivity contribution < 1.29 is 0 Å². The minimum atomic E-state index is -0.0378. The molecule has 1 aliphatic carbocycles. The lowest BCUT2D eigenvalue weighted by Crippen LogP contribution is -2.33. The van der Waals surface area contributed by atoms with E-state index in [0.717, 1.165) is 23.4 Å².